The largest absolute Gasteiger partial charge is 0.325 e. The normalized spacial score (nSPS) is 16.3. The summed E-state index contributed by atoms with van der Waals surface area (Å²) in [7, 11) is 1.72. The van der Waals surface area contributed by atoms with E-state index in [1.165, 1.54) is 5.56 Å². The lowest BCUT2D eigenvalue weighted by Crippen LogP contribution is -2.51. The van der Waals surface area contributed by atoms with Crippen LogP contribution in [0.3, 0.4) is 0 Å². The molecule has 34 heavy (non-hydrogen) atoms. The maximum absolute atomic E-state index is 13.2. The molecule has 6 heteroatoms. The zero-order valence-electron chi connectivity index (χ0n) is 19.6. The fraction of sp³-hybridized carbons (Fsp3) is 0.250. The van der Waals surface area contributed by atoms with Crippen molar-refractivity contribution in [3.05, 3.63) is 102 Å². The molecule has 0 aromatic heterocycles. The van der Waals surface area contributed by atoms with Crippen LogP contribution >= 0.6 is 0 Å². The molecule has 1 aliphatic heterocycles. The Morgan fingerprint density at radius 1 is 0.971 bits per heavy atom. The molecule has 174 valence electrons. The SMILES string of the molecule is C[C@H](NCCCc1ccccc1)C(=O)N[C@H]1N=C(c2ccccc2)c2ccccc2N(C)C1=O. The van der Waals surface area contributed by atoms with Gasteiger partial charge in [0.2, 0.25) is 12.1 Å². The Bertz CT molecular complexity index is 1160. The number of aliphatic imine (C=N–C) groups is 1. The second-order valence-corrected chi connectivity index (χ2v) is 8.43. The lowest BCUT2D eigenvalue weighted by atomic mass is 10.0. The number of benzene rings is 3. The number of para-hydroxylation sites is 1. The number of carbonyl (C=O) groups excluding carboxylic acids is 2. The molecule has 0 unspecified atom stereocenters. The van der Waals surface area contributed by atoms with Crippen molar-refractivity contribution in [2.24, 2.45) is 4.99 Å². The minimum atomic E-state index is -1.01. The van der Waals surface area contributed by atoms with E-state index in [0.717, 1.165) is 29.7 Å². The number of rotatable bonds is 8. The first-order valence-electron chi connectivity index (χ1n) is 11.6. The molecule has 2 atom stereocenters. The molecule has 0 aliphatic carbocycles. The van der Waals surface area contributed by atoms with Gasteiger partial charge in [-0.25, -0.2) is 4.99 Å². The summed E-state index contributed by atoms with van der Waals surface area (Å²) in [6, 6.07) is 27.2. The van der Waals surface area contributed by atoms with Crippen LogP contribution in [0.15, 0.2) is 89.9 Å². The Balaban J connectivity index is 1.47. The van der Waals surface area contributed by atoms with Gasteiger partial charge in [0.15, 0.2) is 0 Å². The zero-order valence-corrected chi connectivity index (χ0v) is 19.6. The van der Waals surface area contributed by atoms with Gasteiger partial charge in [-0.1, -0.05) is 78.9 Å². The molecule has 3 aromatic rings. The quantitative estimate of drug-likeness (QED) is 0.511. The Labute approximate surface area is 200 Å². The van der Waals surface area contributed by atoms with Crippen LogP contribution in [0.5, 0.6) is 0 Å². The summed E-state index contributed by atoms with van der Waals surface area (Å²) >= 11 is 0. The topological polar surface area (TPSA) is 73.8 Å². The van der Waals surface area contributed by atoms with E-state index in [2.05, 4.69) is 22.8 Å². The number of hydrogen-bond donors (Lipinski definition) is 2. The number of nitrogens with zero attached hydrogens (tertiary/aromatic N) is 2. The van der Waals surface area contributed by atoms with Gasteiger partial charge in [-0.3, -0.25) is 9.59 Å². The molecule has 0 bridgehead atoms. The molecule has 0 fully saturated rings. The van der Waals surface area contributed by atoms with Gasteiger partial charge in [0.1, 0.15) is 0 Å². The van der Waals surface area contributed by atoms with Gasteiger partial charge < -0.3 is 15.5 Å². The van der Waals surface area contributed by atoms with Crippen LogP contribution in [-0.4, -0.2) is 43.3 Å². The van der Waals surface area contributed by atoms with Gasteiger partial charge in [-0.05, 0) is 37.9 Å². The number of benzodiazepines with no additional fused rings is 1. The predicted octanol–water partition coefficient (Wildman–Crippen LogP) is 3.55. The van der Waals surface area contributed by atoms with Gasteiger partial charge >= 0.3 is 0 Å². The number of hydrogen-bond acceptors (Lipinski definition) is 4. The van der Waals surface area contributed by atoms with E-state index in [4.69, 9.17) is 4.99 Å². The third kappa shape index (κ3) is 5.41. The van der Waals surface area contributed by atoms with Gasteiger partial charge in [0, 0.05) is 18.2 Å². The minimum Gasteiger partial charge on any atom is -0.325 e. The van der Waals surface area contributed by atoms with Crippen LogP contribution < -0.4 is 15.5 Å². The van der Waals surface area contributed by atoms with Crippen molar-refractivity contribution in [2.45, 2.75) is 32.0 Å². The second-order valence-electron chi connectivity index (χ2n) is 8.43. The molecule has 2 amide bonds. The van der Waals surface area contributed by atoms with Crippen molar-refractivity contribution in [1.82, 2.24) is 10.6 Å². The van der Waals surface area contributed by atoms with E-state index in [1.54, 1.807) is 18.9 Å². The summed E-state index contributed by atoms with van der Waals surface area (Å²) in [4.78, 5) is 32.5. The number of amides is 2. The Morgan fingerprint density at radius 2 is 1.62 bits per heavy atom. The summed E-state index contributed by atoms with van der Waals surface area (Å²) < 4.78 is 0. The molecule has 6 nitrogen and oxygen atoms in total. The lowest BCUT2D eigenvalue weighted by molar-refractivity contribution is -0.128. The Hall–Kier alpha value is -3.77. The summed E-state index contributed by atoms with van der Waals surface area (Å²) in [5.74, 6) is -0.531. The van der Waals surface area contributed by atoms with Gasteiger partial charge in [0.25, 0.3) is 5.91 Å². The molecule has 3 aromatic carbocycles. The molecule has 0 saturated carbocycles. The number of fused-ring (bicyclic) bond motifs is 1. The van der Waals surface area contributed by atoms with Crippen molar-refractivity contribution in [2.75, 3.05) is 18.5 Å². The molecule has 0 radical (unpaired) electrons. The van der Waals surface area contributed by atoms with E-state index < -0.39 is 12.2 Å². The Morgan fingerprint density at radius 3 is 2.35 bits per heavy atom. The Kier molecular flexibility index (Phi) is 7.50. The highest BCUT2D eigenvalue weighted by atomic mass is 16.2. The first kappa shape index (κ1) is 23.4. The van der Waals surface area contributed by atoms with Crippen molar-refractivity contribution in [3.63, 3.8) is 0 Å². The molecule has 1 aliphatic rings. The summed E-state index contributed by atoms with van der Waals surface area (Å²) in [6.45, 7) is 2.51. The maximum Gasteiger partial charge on any atom is 0.272 e. The smallest absolute Gasteiger partial charge is 0.272 e. The minimum absolute atomic E-state index is 0.256. The lowest BCUT2D eigenvalue weighted by Gasteiger charge is -2.22. The van der Waals surface area contributed by atoms with E-state index >= 15 is 0 Å². The summed E-state index contributed by atoms with van der Waals surface area (Å²) in [5.41, 5.74) is 4.47. The van der Waals surface area contributed by atoms with Crippen LogP contribution in [0.1, 0.15) is 30.0 Å². The summed E-state index contributed by atoms with van der Waals surface area (Å²) in [5, 5.41) is 6.11. The van der Waals surface area contributed by atoms with Crippen molar-refractivity contribution in [1.29, 1.82) is 0 Å². The molecule has 0 saturated heterocycles. The monoisotopic (exact) mass is 454 g/mol. The predicted molar refractivity (Wildman–Crippen MR) is 136 cm³/mol. The molecular weight excluding hydrogens is 424 g/mol. The van der Waals surface area contributed by atoms with Crippen molar-refractivity contribution in [3.8, 4) is 0 Å². The van der Waals surface area contributed by atoms with Crippen LogP contribution in [0.25, 0.3) is 0 Å². The zero-order chi connectivity index (χ0) is 23.9. The van der Waals surface area contributed by atoms with Crippen LogP contribution in [0.4, 0.5) is 5.69 Å². The fourth-order valence-corrected chi connectivity index (χ4v) is 4.05. The number of carbonyl (C=O) groups is 2. The molecule has 2 N–H and O–H groups in total. The molecule has 0 spiro atoms. The fourth-order valence-electron chi connectivity index (χ4n) is 4.05. The average molecular weight is 455 g/mol. The van der Waals surface area contributed by atoms with Gasteiger partial charge in [0.05, 0.1) is 17.4 Å². The number of nitrogens with one attached hydrogen (secondary N) is 2. The van der Waals surface area contributed by atoms with E-state index in [9.17, 15) is 9.59 Å². The summed E-state index contributed by atoms with van der Waals surface area (Å²) in [6.07, 6.45) is 0.851. The van der Waals surface area contributed by atoms with Crippen LogP contribution in [-0.2, 0) is 16.0 Å². The standard InChI is InChI=1S/C28H30N4O2/c1-20(29-19-11-14-21-12-5-3-6-13-21)27(33)31-26-28(34)32(2)24-18-10-9-17-23(24)25(30-26)22-15-7-4-8-16-22/h3-10,12-13,15-18,20,26,29H,11,14,19H2,1-2H3,(H,31,33)/t20-,26+/m0/s1. The third-order valence-corrected chi connectivity index (χ3v) is 6.00. The van der Waals surface area contributed by atoms with Crippen LogP contribution in [0, 0.1) is 0 Å². The third-order valence-electron chi connectivity index (χ3n) is 6.00. The van der Waals surface area contributed by atoms with E-state index in [1.807, 2.05) is 72.8 Å². The van der Waals surface area contributed by atoms with E-state index in [-0.39, 0.29) is 11.8 Å². The van der Waals surface area contributed by atoms with Gasteiger partial charge in [-0.15, -0.1) is 0 Å². The van der Waals surface area contributed by atoms with Crippen molar-refractivity contribution < 1.29 is 9.59 Å². The second kappa shape index (κ2) is 10.9. The average Bonchev–Trinajstić information content (AvgIpc) is 2.98. The molecule has 4 rings (SSSR count). The van der Waals surface area contributed by atoms with Gasteiger partial charge in [-0.2, -0.15) is 0 Å². The first-order chi connectivity index (χ1) is 16.5. The highest BCUT2D eigenvalue weighted by Gasteiger charge is 2.31. The maximum atomic E-state index is 13.2. The number of likely N-dealkylation sites (N-methyl/N-ethyl adjacent to an activating group) is 1. The van der Waals surface area contributed by atoms with Crippen LogP contribution in [0.2, 0.25) is 0 Å². The number of aryl methyl sites for hydroxylation is 1. The highest BCUT2D eigenvalue weighted by molar-refractivity contribution is 6.20. The first-order valence-corrected chi connectivity index (χ1v) is 11.6. The highest BCUT2D eigenvalue weighted by Crippen LogP contribution is 2.27. The molecule has 1 heterocycles. The van der Waals surface area contributed by atoms with Crippen molar-refractivity contribution >= 4 is 23.2 Å². The number of anilines is 1. The molecular formula is C28H30N4O2. The van der Waals surface area contributed by atoms with E-state index in [0.29, 0.717) is 12.3 Å².